The first kappa shape index (κ1) is 18.1. The van der Waals surface area contributed by atoms with E-state index >= 15 is 0 Å². The Bertz CT molecular complexity index is 496. The standard InChI is InChI=1S/C18H24O4P/c1-3-19-23(20-4-2,21-15-17-11-7-5-8-12-17)22-16-18-13-9-6-10-14-18/h5-14H,3-4,15-16H2,1-2H3/q+1. The summed E-state index contributed by atoms with van der Waals surface area (Å²) in [6, 6.07) is 19.9. The summed E-state index contributed by atoms with van der Waals surface area (Å²) in [7, 11) is -2.83. The average molecular weight is 335 g/mol. The number of benzene rings is 2. The van der Waals surface area contributed by atoms with Gasteiger partial charge < -0.3 is 0 Å². The van der Waals surface area contributed by atoms with E-state index in [0.717, 1.165) is 11.1 Å². The molecular formula is C18H24O4P+. The van der Waals surface area contributed by atoms with Crippen molar-refractivity contribution in [2.45, 2.75) is 27.1 Å². The average Bonchev–Trinajstić information content (AvgIpc) is 2.60. The van der Waals surface area contributed by atoms with Crippen LogP contribution >= 0.6 is 8.17 Å². The van der Waals surface area contributed by atoms with Crippen molar-refractivity contribution in [2.75, 3.05) is 13.2 Å². The minimum atomic E-state index is -2.83. The van der Waals surface area contributed by atoms with Crippen molar-refractivity contribution in [3.8, 4) is 0 Å². The molecule has 0 heterocycles. The van der Waals surface area contributed by atoms with Gasteiger partial charge in [0, 0.05) is 0 Å². The molecule has 0 aliphatic carbocycles. The number of hydrogen-bond donors (Lipinski definition) is 0. The minimum absolute atomic E-state index is 0.392. The quantitative estimate of drug-likeness (QED) is 0.561. The molecule has 0 amide bonds. The molecule has 0 saturated carbocycles. The van der Waals surface area contributed by atoms with Gasteiger partial charge in [-0.25, -0.2) is 0 Å². The summed E-state index contributed by atoms with van der Waals surface area (Å²) in [5.41, 5.74) is 2.11. The highest BCUT2D eigenvalue weighted by Gasteiger charge is 2.48. The fraction of sp³-hybridized carbons (Fsp3) is 0.333. The molecular weight excluding hydrogens is 311 g/mol. The Labute approximate surface area is 139 Å². The Morgan fingerprint density at radius 2 is 1.00 bits per heavy atom. The lowest BCUT2D eigenvalue weighted by molar-refractivity contribution is 0.0493. The van der Waals surface area contributed by atoms with E-state index in [1.165, 1.54) is 0 Å². The second-order valence-electron chi connectivity index (χ2n) is 4.80. The summed E-state index contributed by atoms with van der Waals surface area (Å²) in [4.78, 5) is 0. The molecule has 0 atom stereocenters. The summed E-state index contributed by atoms with van der Waals surface area (Å²) < 4.78 is 23.4. The highest BCUT2D eigenvalue weighted by molar-refractivity contribution is 7.56. The van der Waals surface area contributed by atoms with Gasteiger partial charge in [-0.3, -0.25) is 0 Å². The van der Waals surface area contributed by atoms with Crippen LogP contribution in [0.5, 0.6) is 0 Å². The van der Waals surface area contributed by atoms with Crippen molar-refractivity contribution in [1.82, 2.24) is 0 Å². The monoisotopic (exact) mass is 335 g/mol. The van der Waals surface area contributed by atoms with Crippen LogP contribution in [-0.2, 0) is 31.3 Å². The van der Waals surface area contributed by atoms with Crippen LogP contribution in [0.25, 0.3) is 0 Å². The van der Waals surface area contributed by atoms with Crippen LogP contribution in [-0.4, -0.2) is 13.2 Å². The molecule has 2 aromatic carbocycles. The van der Waals surface area contributed by atoms with Gasteiger partial charge in [0.05, 0.1) is 13.2 Å². The molecule has 0 unspecified atom stereocenters. The minimum Gasteiger partial charge on any atom is -0.153 e. The molecule has 124 valence electrons. The van der Waals surface area contributed by atoms with Crippen molar-refractivity contribution in [3.05, 3.63) is 71.8 Å². The zero-order valence-corrected chi connectivity index (χ0v) is 14.6. The number of rotatable bonds is 10. The normalized spacial score (nSPS) is 11.6. The lowest BCUT2D eigenvalue weighted by Crippen LogP contribution is -2.11. The summed E-state index contributed by atoms with van der Waals surface area (Å²) in [6.45, 7) is 5.54. The molecule has 5 heteroatoms. The van der Waals surface area contributed by atoms with E-state index in [1.54, 1.807) is 0 Å². The van der Waals surface area contributed by atoms with E-state index in [2.05, 4.69) is 0 Å². The predicted octanol–water partition coefficient (Wildman–Crippen LogP) is 5.17. The first-order valence-electron chi connectivity index (χ1n) is 7.83. The Hall–Kier alpha value is -1.29. The van der Waals surface area contributed by atoms with Crippen LogP contribution in [0.1, 0.15) is 25.0 Å². The lowest BCUT2D eigenvalue weighted by Gasteiger charge is -2.19. The zero-order chi connectivity index (χ0) is 16.4. The Balaban J connectivity index is 2.03. The number of hydrogen-bond acceptors (Lipinski definition) is 4. The molecule has 0 bridgehead atoms. The van der Waals surface area contributed by atoms with Gasteiger partial charge in [-0.15, -0.1) is 9.05 Å². The van der Waals surface area contributed by atoms with Crippen molar-refractivity contribution in [3.63, 3.8) is 0 Å². The SMILES string of the molecule is CCO[P+](OCC)(OCc1ccccc1)OCc1ccccc1. The second kappa shape index (κ2) is 9.76. The molecule has 4 nitrogen and oxygen atoms in total. The molecule has 2 aromatic rings. The maximum atomic E-state index is 5.96. The van der Waals surface area contributed by atoms with Crippen molar-refractivity contribution < 1.29 is 18.1 Å². The van der Waals surface area contributed by atoms with Gasteiger partial charge in [0.15, 0.2) is 0 Å². The fourth-order valence-corrected chi connectivity index (χ4v) is 3.69. The Morgan fingerprint density at radius 3 is 1.35 bits per heavy atom. The van der Waals surface area contributed by atoms with Crippen LogP contribution in [0.15, 0.2) is 60.7 Å². The molecule has 0 aliphatic rings. The van der Waals surface area contributed by atoms with E-state index in [1.807, 2.05) is 74.5 Å². The van der Waals surface area contributed by atoms with Gasteiger partial charge in [0.1, 0.15) is 13.2 Å². The summed E-state index contributed by atoms with van der Waals surface area (Å²) in [6.07, 6.45) is 0. The molecule has 0 radical (unpaired) electrons. The fourth-order valence-electron chi connectivity index (χ4n) is 2.00. The van der Waals surface area contributed by atoms with Crippen molar-refractivity contribution in [2.24, 2.45) is 0 Å². The van der Waals surface area contributed by atoms with Gasteiger partial charge >= 0.3 is 8.17 Å². The van der Waals surface area contributed by atoms with Crippen molar-refractivity contribution in [1.29, 1.82) is 0 Å². The summed E-state index contributed by atoms with van der Waals surface area (Å²) in [5.74, 6) is 0. The highest BCUT2D eigenvalue weighted by Crippen LogP contribution is 2.64. The molecule has 0 fully saturated rings. The van der Waals surface area contributed by atoms with E-state index in [4.69, 9.17) is 18.1 Å². The summed E-state index contributed by atoms with van der Waals surface area (Å²) >= 11 is 0. The molecule has 23 heavy (non-hydrogen) atoms. The van der Waals surface area contributed by atoms with E-state index in [9.17, 15) is 0 Å². The second-order valence-corrected chi connectivity index (χ2v) is 6.73. The van der Waals surface area contributed by atoms with Gasteiger partial charge in [-0.1, -0.05) is 60.7 Å². The smallest absolute Gasteiger partial charge is 0.153 e. The Kier molecular flexibility index (Phi) is 7.66. The first-order chi connectivity index (χ1) is 11.3. The van der Waals surface area contributed by atoms with E-state index in [-0.39, 0.29) is 0 Å². The third kappa shape index (κ3) is 6.02. The van der Waals surface area contributed by atoms with Crippen LogP contribution in [0, 0.1) is 0 Å². The lowest BCUT2D eigenvalue weighted by atomic mass is 10.2. The Morgan fingerprint density at radius 1 is 0.609 bits per heavy atom. The third-order valence-corrected chi connectivity index (χ3v) is 5.08. The van der Waals surface area contributed by atoms with Crippen LogP contribution in [0.3, 0.4) is 0 Å². The predicted molar refractivity (Wildman–Crippen MR) is 92.6 cm³/mol. The van der Waals surface area contributed by atoms with Gasteiger partial charge in [-0.2, -0.15) is 9.05 Å². The first-order valence-corrected chi connectivity index (χ1v) is 9.29. The summed E-state index contributed by atoms with van der Waals surface area (Å²) in [5, 5.41) is 0. The van der Waals surface area contributed by atoms with E-state index < -0.39 is 8.17 Å². The van der Waals surface area contributed by atoms with Crippen molar-refractivity contribution >= 4 is 8.17 Å². The maximum Gasteiger partial charge on any atom is 0.575 e. The van der Waals surface area contributed by atoms with Crippen LogP contribution in [0.4, 0.5) is 0 Å². The van der Waals surface area contributed by atoms with Gasteiger partial charge in [0.2, 0.25) is 0 Å². The van der Waals surface area contributed by atoms with Crippen LogP contribution < -0.4 is 0 Å². The highest BCUT2D eigenvalue weighted by atomic mass is 31.2. The molecule has 2 rings (SSSR count). The maximum absolute atomic E-state index is 5.96. The van der Waals surface area contributed by atoms with Gasteiger partial charge in [0.25, 0.3) is 0 Å². The molecule has 0 N–H and O–H groups in total. The largest absolute Gasteiger partial charge is 0.575 e. The molecule has 0 aliphatic heterocycles. The van der Waals surface area contributed by atoms with E-state index in [0.29, 0.717) is 26.4 Å². The third-order valence-electron chi connectivity index (χ3n) is 3.04. The zero-order valence-electron chi connectivity index (χ0n) is 13.7. The van der Waals surface area contributed by atoms with Gasteiger partial charge in [-0.05, 0) is 25.0 Å². The molecule has 0 spiro atoms. The molecule has 0 aromatic heterocycles. The van der Waals surface area contributed by atoms with Crippen LogP contribution in [0.2, 0.25) is 0 Å². The molecule has 0 saturated heterocycles. The topological polar surface area (TPSA) is 36.9 Å².